The number of carbonyl (C=O) groups is 3. The minimum absolute atomic E-state index is 0.151. The molecule has 2 aromatic heterocycles. The van der Waals surface area contributed by atoms with Crippen molar-refractivity contribution in [3.63, 3.8) is 0 Å². The molecule has 0 bridgehead atoms. The van der Waals surface area contributed by atoms with Crippen LogP contribution >= 0.6 is 11.6 Å². The first-order chi connectivity index (χ1) is 17.1. The molecule has 4 N–H and O–H groups in total. The Kier molecular flexibility index (Phi) is 8.12. The summed E-state index contributed by atoms with van der Waals surface area (Å²) >= 11 is 5.58. The van der Waals surface area contributed by atoms with Crippen LogP contribution in [0.15, 0.2) is 54.7 Å². The number of nitrogens with two attached hydrogens (primary N) is 1. The molecule has 0 aliphatic carbocycles. The number of amides is 1. The van der Waals surface area contributed by atoms with Crippen LogP contribution in [0.4, 0.5) is 14.5 Å². The minimum atomic E-state index is -1.35. The predicted octanol–water partition coefficient (Wildman–Crippen LogP) is 3.34. The van der Waals surface area contributed by atoms with Crippen LogP contribution in [0.25, 0.3) is 5.65 Å². The molecule has 0 aliphatic rings. The van der Waals surface area contributed by atoms with Gasteiger partial charge in [0.25, 0.3) is 5.91 Å². The van der Waals surface area contributed by atoms with Crippen molar-refractivity contribution in [3.8, 4) is 0 Å². The van der Waals surface area contributed by atoms with E-state index in [-0.39, 0.29) is 34.7 Å². The predicted molar refractivity (Wildman–Crippen MR) is 125 cm³/mol. The van der Waals surface area contributed by atoms with Crippen LogP contribution < -0.4 is 11.1 Å². The number of carboxylic acids is 1. The monoisotopic (exact) mass is 517 g/mol. The summed E-state index contributed by atoms with van der Waals surface area (Å²) < 4.78 is 31.8. The topological polar surface area (TPSA) is 149 Å². The molecular formula is C23H18ClF2N5O5. The van der Waals surface area contributed by atoms with Crippen molar-refractivity contribution in [2.24, 2.45) is 0 Å². The lowest BCUT2D eigenvalue weighted by molar-refractivity contribution is 0.0589. The molecule has 0 unspecified atom stereocenters. The quantitative estimate of drug-likeness (QED) is 0.269. The largest absolute Gasteiger partial charge is 0.477 e. The number of methoxy groups -OCH3 is 1. The highest BCUT2D eigenvalue weighted by Gasteiger charge is 2.22. The number of nitrogens with zero attached hydrogens (tertiary/aromatic N) is 3. The van der Waals surface area contributed by atoms with Crippen LogP contribution in [-0.2, 0) is 11.3 Å². The Morgan fingerprint density at radius 2 is 1.86 bits per heavy atom. The van der Waals surface area contributed by atoms with Gasteiger partial charge in [0.15, 0.2) is 23.0 Å². The van der Waals surface area contributed by atoms with Crippen molar-refractivity contribution in [2.45, 2.75) is 6.54 Å². The van der Waals surface area contributed by atoms with E-state index in [0.717, 1.165) is 36.0 Å². The van der Waals surface area contributed by atoms with Gasteiger partial charge in [0.2, 0.25) is 0 Å². The molecule has 4 aromatic rings. The van der Waals surface area contributed by atoms with Crippen molar-refractivity contribution in [3.05, 3.63) is 93.9 Å². The molecule has 36 heavy (non-hydrogen) atoms. The standard InChI is InChI=1S/C17H12F2N4O5.C6H6ClN/c1-28-17(27)13-5-12(22-14-9(16(25)26)7-21-23(13)14)15(24)20-6-8-2-3-10(18)11(19)4-8;7-5-3-1-2-4-6(5)8/h2-5,7H,6H2,1H3,(H,20,24)(H,25,26);1-4H,8H2. The highest BCUT2D eigenvalue weighted by Crippen LogP contribution is 2.16. The number of anilines is 1. The van der Waals surface area contributed by atoms with E-state index in [2.05, 4.69) is 20.1 Å². The van der Waals surface area contributed by atoms with Crippen molar-refractivity contribution >= 4 is 40.8 Å². The zero-order valence-electron chi connectivity index (χ0n) is 18.5. The summed E-state index contributed by atoms with van der Waals surface area (Å²) in [7, 11) is 1.11. The molecule has 2 heterocycles. The van der Waals surface area contributed by atoms with Gasteiger partial charge in [-0.25, -0.2) is 27.9 Å². The van der Waals surface area contributed by atoms with Gasteiger partial charge in [0, 0.05) is 12.6 Å². The molecule has 2 aromatic carbocycles. The van der Waals surface area contributed by atoms with E-state index in [1.165, 1.54) is 6.07 Å². The van der Waals surface area contributed by atoms with E-state index in [0.29, 0.717) is 10.7 Å². The number of hydrogen-bond acceptors (Lipinski definition) is 7. The molecular weight excluding hydrogens is 500 g/mol. The molecule has 0 radical (unpaired) electrons. The van der Waals surface area contributed by atoms with Gasteiger partial charge in [-0.3, -0.25) is 4.79 Å². The van der Waals surface area contributed by atoms with Crippen LogP contribution in [0.5, 0.6) is 0 Å². The number of nitrogen functional groups attached to an aromatic ring is 1. The molecule has 0 atom stereocenters. The number of para-hydroxylation sites is 1. The van der Waals surface area contributed by atoms with Crippen LogP contribution in [-0.4, -0.2) is 44.7 Å². The van der Waals surface area contributed by atoms with Gasteiger partial charge in [-0.1, -0.05) is 29.8 Å². The number of carbonyl (C=O) groups excluding carboxylic acids is 2. The maximum absolute atomic E-state index is 13.2. The number of benzene rings is 2. The summed E-state index contributed by atoms with van der Waals surface area (Å²) in [5.74, 6) is -5.06. The second-order valence-electron chi connectivity index (χ2n) is 7.07. The Morgan fingerprint density at radius 3 is 2.44 bits per heavy atom. The number of carboxylic acid groups (broad SMARTS) is 1. The summed E-state index contributed by atoms with van der Waals surface area (Å²) in [5, 5.41) is 16.0. The Morgan fingerprint density at radius 1 is 1.14 bits per heavy atom. The highest BCUT2D eigenvalue weighted by atomic mass is 35.5. The van der Waals surface area contributed by atoms with Gasteiger partial charge in [-0.05, 0) is 29.8 Å². The van der Waals surface area contributed by atoms with Gasteiger partial charge in [-0.15, -0.1) is 0 Å². The maximum atomic E-state index is 13.2. The number of aromatic nitrogens is 3. The fourth-order valence-corrected chi connectivity index (χ4v) is 3.01. The number of esters is 1. The van der Waals surface area contributed by atoms with Crippen molar-refractivity contribution < 1.29 is 33.0 Å². The molecule has 0 saturated carbocycles. The number of rotatable bonds is 5. The lowest BCUT2D eigenvalue weighted by Gasteiger charge is -2.08. The lowest BCUT2D eigenvalue weighted by atomic mass is 10.2. The molecule has 186 valence electrons. The second kappa shape index (κ2) is 11.2. The average molecular weight is 518 g/mol. The van der Waals surface area contributed by atoms with E-state index in [4.69, 9.17) is 17.3 Å². The number of ether oxygens (including phenoxy) is 1. The number of fused-ring (bicyclic) bond motifs is 1. The summed E-state index contributed by atoms with van der Waals surface area (Å²) in [4.78, 5) is 39.6. The van der Waals surface area contributed by atoms with E-state index in [1.807, 2.05) is 12.1 Å². The fraction of sp³-hybridized carbons (Fsp3) is 0.0870. The van der Waals surface area contributed by atoms with Crippen LogP contribution in [0.3, 0.4) is 0 Å². The third-order valence-corrected chi connectivity index (χ3v) is 5.02. The molecule has 13 heteroatoms. The minimum Gasteiger partial charge on any atom is -0.477 e. The average Bonchev–Trinajstić information content (AvgIpc) is 3.30. The first kappa shape index (κ1) is 26.0. The van der Waals surface area contributed by atoms with Crippen molar-refractivity contribution in [2.75, 3.05) is 12.8 Å². The van der Waals surface area contributed by atoms with Crippen LogP contribution in [0.2, 0.25) is 5.02 Å². The number of nitrogens with one attached hydrogen (secondary N) is 1. The summed E-state index contributed by atoms with van der Waals surface area (Å²) in [6.07, 6.45) is 0.986. The first-order valence-corrected chi connectivity index (χ1v) is 10.4. The second-order valence-corrected chi connectivity index (χ2v) is 7.48. The number of aromatic carboxylic acids is 1. The van der Waals surface area contributed by atoms with E-state index >= 15 is 0 Å². The van der Waals surface area contributed by atoms with Gasteiger partial charge >= 0.3 is 11.9 Å². The highest BCUT2D eigenvalue weighted by molar-refractivity contribution is 6.33. The van der Waals surface area contributed by atoms with E-state index < -0.39 is 29.5 Å². The van der Waals surface area contributed by atoms with Gasteiger partial charge in [0.1, 0.15) is 11.3 Å². The van der Waals surface area contributed by atoms with Crippen LogP contribution in [0.1, 0.15) is 36.9 Å². The smallest absolute Gasteiger partial charge is 0.356 e. The van der Waals surface area contributed by atoms with Gasteiger partial charge < -0.3 is 20.9 Å². The molecule has 0 saturated heterocycles. The van der Waals surface area contributed by atoms with Crippen LogP contribution in [0, 0.1) is 11.6 Å². The van der Waals surface area contributed by atoms with Crippen molar-refractivity contribution in [1.29, 1.82) is 0 Å². The normalized spacial score (nSPS) is 10.3. The molecule has 4 rings (SSSR count). The SMILES string of the molecule is COC(=O)c1cc(C(=O)NCc2ccc(F)c(F)c2)nc2c(C(=O)O)cnn12.Nc1ccccc1Cl. The van der Waals surface area contributed by atoms with Gasteiger partial charge in [0.05, 0.1) is 24.0 Å². The number of hydrogen-bond donors (Lipinski definition) is 3. The first-order valence-electron chi connectivity index (χ1n) is 10.0. The molecule has 0 aliphatic heterocycles. The zero-order chi connectivity index (χ0) is 26.4. The third-order valence-electron chi connectivity index (χ3n) is 4.67. The fourth-order valence-electron chi connectivity index (χ4n) is 2.88. The zero-order valence-corrected chi connectivity index (χ0v) is 19.3. The molecule has 0 fully saturated rings. The maximum Gasteiger partial charge on any atom is 0.356 e. The van der Waals surface area contributed by atoms with Gasteiger partial charge in [-0.2, -0.15) is 5.10 Å². The molecule has 0 spiro atoms. The Bertz CT molecular complexity index is 1440. The molecule has 10 nitrogen and oxygen atoms in total. The van der Waals surface area contributed by atoms with E-state index in [9.17, 15) is 28.3 Å². The lowest BCUT2D eigenvalue weighted by Crippen LogP contribution is -2.25. The number of halogens is 3. The summed E-state index contributed by atoms with van der Waals surface area (Å²) in [6.45, 7) is -0.151. The Hall–Kier alpha value is -4.58. The Balaban J connectivity index is 0.000000383. The Labute approximate surface area is 207 Å². The third kappa shape index (κ3) is 5.91. The van der Waals surface area contributed by atoms with E-state index in [1.54, 1.807) is 12.1 Å². The summed E-state index contributed by atoms with van der Waals surface area (Å²) in [5.41, 5.74) is 5.27. The molecule has 1 amide bonds. The summed E-state index contributed by atoms with van der Waals surface area (Å²) in [6, 6.07) is 11.4. The van der Waals surface area contributed by atoms with Crippen molar-refractivity contribution in [1.82, 2.24) is 19.9 Å².